The van der Waals surface area contributed by atoms with Crippen molar-refractivity contribution in [1.29, 1.82) is 5.26 Å². The Balaban J connectivity index is 1.41. The molecule has 1 fully saturated rings. The molecule has 204 valence electrons. The predicted molar refractivity (Wildman–Crippen MR) is 151 cm³/mol. The van der Waals surface area contributed by atoms with E-state index in [1.165, 1.54) is 21.5 Å². The van der Waals surface area contributed by atoms with Crippen LogP contribution in [-0.4, -0.2) is 37.1 Å². The number of ether oxygens (including phenoxy) is 1. The van der Waals surface area contributed by atoms with E-state index in [0.29, 0.717) is 28.4 Å². The van der Waals surface area contributed by atoms with Crippen LogP contribution in [0.1, 0.15) is 26.7 Å². The van der Waals surface area contributed by atoms with Crippen LogP contribution in [-0.2, 0) is 11.3 Å². The van der Waals surface area contributed by atoms with E-state index in [-0.39, 0.29) is 30.2 Å². The first-order valence-corrected chi connectivity index (χ1v) is 12.8. The zero-order valence-corrected chi connectivity index (χ0v) is 22.3. The number of nitrogen functional groups attached to an aromatic ring is 1. The maximum Gasteiger partial charge on any atom is 0.335 e. The summed E-state index contributed by atoms with van der Waals surface area (Å²) < 4.78 is 8.87. The van der Waals surface area contributed by atoms with Gasteiger partial charge in [-0.3, -0.25) is 13.9 Å². The van der Waals surface area contributed by atoms with Crippen LogP contribution in [0, 0.1) is 16.7 Å². The third-order valence-electron chi connectivity index (χ3n) is 6.74. The lowest BCUT2D eigenvalue weighted by Crippen LogP contribution is -2.39. The quantitative estimate of drug-likeness (QED) is 0.216. The number of rotatable bonds is 9. The van der Waals surface area contributed by atoms with Crippen LogP contribution >= 0.6 is 0 Å². The number of para-hydroxylation sites is 1. The van der Waals surface area contributed by atoms with Crippen LogP contribution in [0.2, 0.25) is 0 Å². The van der Waals surface area contributed by atoms with E-state index in [0.717, 1.165) is 12.8 Å². The fourth-order valence-corrected chi connectivity index (χ4v) is 4.39. The molecule has 0 saturated heterocycles. The number of carbonyl (C=O) groups is 1. The van der Waals surface area contributed by atoms with Gasteiger partial charge in [0.25, 0.3) is 5.91 Å². The molecule has 5 N–H and O–H groups in total. The number of imidazole rings is 1. The number of carbonyl (C=O) groups excluding carboxylic acids is 1. The number of hydrogen-bond acceptors (Lipinski definition) is 8. The molecule has 0 bridgehead atoms. The second-order valence-electron chi connectivity index (χ2n) is 10.8. The smallest absolute Gasteiger partial charge is 0.335 e. The largest absolute Gasteiger partial charge is 0.457 e. The molecule has 0 unspecified atom stereocenters. The van der Waals surface area contributed by atoms with Gasteiger partial charge in [-0.25, -0.2) is 14.8 Å². The van der Waals surface area contributed by atoms with Crippen molar-refractivity contribution in [2.45, 2.75) is 38.8 Å². The minimum Gasteiger partial charge on any atom is -0.457 e. The Kier molecular flexibility index (Phi) is 6.87. The molecule has 1 aliphatic carbocycles. The number of nitrogens with two attached hydrogens (primary N) is 2. The fraction of sp³-hybridized carbons (Fsp3) is 0.276. The molecule has 5 rings (SSSR count). The third kappa shape index (κ3) is 5.57. The van der Waals surface area contributed by atoms with E-state index < -0.39 is 16.9 Å². The van der Waals surface area contributed by atoms with Crippen LogP contribution in [0.5, 0.6) is 11.5 Å². The molecule has 1 amide bonds. The first-order chi connectivity index (χ1) is 19.1. The highest BCUT2D eigenvalue weighted by Gasteiger charge is 2.37. The molecule has 11 nitrogen and oxygen atoms in total. The number of nitrogens with one attached hydrogen (secondary N) is 1. The van der Waals surface area contributed by atoms with E-state index in [1.807, 2.05) is 50.2 Å². The van der Waals surface area contributed by atoms with Crippen molar-refractivity contribution < 1.29 is 9.53 Å². The number of anilines is 1. The summed E-state index contributed by atoms with van der Waals surface area (Å²) in [7, 11) is 0. The maximum absolute atomic E-state index is 13.8. The molecule has 0 aliphatic heterocycles. The van der Waals surface area contributed by atoms with Gasteiger partial charge in [-0.05, 0) is 55.3 Å². The zero-order chi connectivity index (χ0) is 28.5. The first kappa shape index (κ1) is 26.6. The van der Waals surface area contributed by atoms with Crippen LogP contribution in [0.4, 0.5) is 5.82 Å². The standard InChI is InChI=1S/C29H30N8O3/c1-28(2,16-33-26(38)19(15-30)14-29(32)12-13-29)17-36-25-23(24(31)34-18-35-25)37(27(36)39)20-8-10-22(11-9-20)40-21-6-4-3-5-7-21/h3-11,14,18H,12-13,16-17,32H2,1-2H3,(H,33,38)(H2,31,34,35)/b19-14-. The van der Waals surface area contributed by atoms with E-state index in [2.05, 4.69) is 15.3 Å². The number of fused-ring (bicyclic) bond motifs is 1. The molecular formula is C29H30N8O3. The van der Waals surface area contributed by atoms with Gasteiger partial charge in [0.2, 0.25) is 0 Å². The number of nitrogens with zero attached hydrogens (tertiary/aromatic N) is 5. The fourth-order valence-electron chi connectivity index (χ4n) is 4.39. The summed E-state index contributed by atoms with van der Waals surface area (Å²) >= 11 is 0. The number of hydrogen-bond donors (Lipinski definition) is 3. The summed E-state index contributed by atoms with van der Waals surface area (Å²) in [6.07, 6.45) is 4.34. The molecule has 0 spiro atoms. The lowest BCUT2D eigenvalue weighted by Gasteiger charge is -2.25. The number of nitriles is 1. The Bertz CT molecular complexity index is 1690. The molecular weight excluding hydrogens is 508 g/mol. The van der Waals surface area contributed by atoms with Crippen molar-refractivity contribution in [2.75, 3.05) is 12.3 Å². The Morgan fingerprint density at radius 2 is 1.82 bits per heavy atom. The van der Waals surface area contributed by atoms with Gasteiger partial charge in [-0.15, -0.1) is 0 Å². The zero-order valence-electron chi connectivity index (χ0n) is 22.3. The van der Waals surface area contributed by atoms with Crippen molar-refractivity contribution in [1.82, 2.24) is 24.4 Å². The molecule has 1 aliphatic rings. The molecule has 11 heteroatoms. The van der Waals surface area contributed by atoms with Gasteiger partial charge in [0, 0.05) is 24.0 Å². The Morgan fingerprint density at radius 3 is 2.48 bits per heavy atom. The van der Waals surface area contributed by atoms with Crippen LogP contribution in [0.25, 0.3) is 16.9 Å². The monoisotopic (exact) mass is 538 g/mol. The Morgan fingerprint density at radius 1 is 1.15 bits per heavy atom. The average molecular weight is 539 g/mol. The highest BCUT2D eigenvalue weighted by Crippen LogP contribution is 2.34. The molecule has 4 aromatic rings. The summed E-state index contributed by atoms with van der Waals surface area (Å²) in [4.78, 5) is 34.9. The topological polar surface area (TPSA) is 167 Å². The predicted octanol–water partition coefficient (Wildman–Crippen LogP) is 3.04. The number of aromatic nitrogens is 4. The molecule has 2 heterocycles. The summed E-state index contributed by atoms with van der Waals surface area (Å²) in [5.74, 6) is 0.979. The van der Waals surface area contributed by atoms with Crippen LogP contribution in [0.15, 0.2) is 77.4 Å². The Labute approximate surface area is 230 Å². The second-order valence-corrected chi connectivity index (χ2v) is 10.8. The number of amides is 1. The number of benzene rings is 2. The molecule has 0 atom stereocenters. The van der Waals surface area contributed by atoms with Gasteiger partial charge in [0.15, 0.2) is 11.5 Å². The molecule has 0 radical (unpaired) electrons. The summed E-state index contributed by atoms with van der Waals surface area (Å²) in [5.41, 5.74) is 12.1. The third-order valence-corrected chi connectivity index (χ3v) is 6.74. The molecule has 2 aromatic heterocycles. The van der Waals surface area contributed by atoms with Gasteiger partial charge >= 0.3 is 5.69 Å². The SMILES string of the molecule is CC(C)(CNC(=O)/C(C#N)=C\C1(N)CC1)Cn1c(=O)n(-c2ccc(Oc3ccccc3)cc2)c2c(N)ncnc21. The average Bonchev–Trinajstić information content (AvgIpc) is 3.61. The minimum atomic E-state index is -0.591. The van der Waals surface area contributed by atoms with Gasteiger partial charge in [-0.1, -0.05) is 32.0 Å². The van der Waals surface area contributed by atoms with Crippen molar-refractivity contribution in [3.8, 4) is 23.3 Å². The first-order valence-electron chi connectivity index (χ1n) is 12.8. The maximum atomic E-state index is 13.8. The lowest BCUT2D eigenvalue weighted by molar-refractivity contribution is -0.117. The van der Waals surface area contributed by atoms with E-state index >= 15 is 0 Å². The molecule has 2 aromatic carbocycles. The minimum absolute atomic E-state index is 0.00947. The van der Waals surface area contributed by atoms with Crippen molar-refractivity contribution in [3.63, 3.8) is 0 Å². The lowest BCUT2D eigenvalue weighted by atomic mass is 9.93. The summed E-state index contributed by atoms with van der Waals surface area (Å²) in [6, 6.07) is 18.4. The Hall–Kier alpha value is -4.95. The molecule has 40 heavy (non-hydrogen) atoms. The normalized spacial score (nSPS) is 14.5. The van der Waals surface area contributed by atoms with Crippen LogP contribution in [0.3, 0.4) is 0 Å². The van der Waals surface area contributed by atoms with Gasteiger partial charge < -0.3 is 21.5 Å². The highest BCUT2D eigenvalue weighted by molar-refractivity contribution is 5.97. The van der Waals surface area contributed by atoms with Crippen LogP contribution < -0.4 is 27.2 Å². The van der Waals surface area contributed by atoms with Gasteiger partial charge in [0.05, 0.1) is 5.69 Å². The van der Waals surface area contributed by atoms with Gasteiger partial charge in [-0.2, -0.15) is 5.26 Å². The highest BCUT2D eigenvalue weighted by atomic mass is 16.5. The van der Waals surface area contributed by atoms with E-state index in [4.69, 9.17) is 16.2 Å². The van der Waals surface area contributed by atoms with Crippen molar-refractivity contribution in [2.24, 2.45) is 11.1 Å². The van der Waals surface area contributed by atoms with Crippen molar-refractivity contribution >= 4 is 22.9 Å². The van der Waals surface area contributed by atoms with Crippen molar-refractivity contribution in [3.05, 3.63) is 83.1 Å². The summed E-state index contributed by atoms with van der Waals surface area (Å²) in [6.45, 7) is 4.23. The summed E-state index contributed by atoms with van der Waals surface area (Å²) in [5, 5.41) is 12.2. The van der Waals surface area contributed by atoms with Gasteiger partial charge in [0.1, 0.15) is 35.0 Å². The van der Waals surface area contributed by atoms with E-state index in [1.54, 1.807) is 24.3 Å². The molecule has 1 saturated carbocycles. The van der Waals surface area contributed by atoms with E-state index in [9.17, 15) is 14.9 Å². The second kappa shape index (κ2) is 10.3.